The van der Waals surface area contributed by atoms with Crippen molar-refractivity contribution in [1.82, 2.24) is 10.2 Å². The van der Waals surface area contributed by atoms with E-state index in [0.29, 0.717) is 10.6 Å². The number of hydrogen-bond donors (Lipinski definition) is 1. The van der Waals surface area contributed by atoms with Gasteiger partial charge in [-0.3, -0.25) is 0 Å². The van der Waals surface area contributed by atoms with E-state index in [2.05, 4.69) is 22.4 Å². The first-order chi connectivity index (χ1) is 9.50. The highest BCUT2D eigenvalue weighted by molar-refractivity contribution is 7.90. The summed E-state index contributed by atoms with van der Waals surface area (Å²) in [4.78, 5) is 0.301. The van der Waals surface area contributed by atoms with E-state index in [1.807, 2.05) is 12.1 Å². The molecule has 2 rings (SSSR count). The minimum absolute atomic E-state index is 0.301. The molecule has 0 unspecified atom stereocenters. The Morgan fingerprint density at radius 1 is 1.05 bits per heavy atom. The van der Waals surface area contributed by atoms with Crippen LogP contribution in [0.15, 0.2) is 41.3 Å². The van der Waals surface area contributed by atoms with Crippen molar-refractivity contribution in [3.05, 3.63) is 36.4 Å². The monoisotopic (exact) mass is 291 g/mol. The molecule has 0 aliphatic heterocycles. The topological polar surface area (TPSA) is 72.0 Å². The summed E-state index contributed by atoms with van der Waals surface area (Å²) in [5.74, 6) is 0.739. The van der Waals surface area contributed by atoms with Crippen LogP contribution in [-0.2, 0) is 9.84 Å². The molecule has 0 amide bonds. The first-order valence-electron chi connectivity index (χ1n) is 6.39. The molecule has 1 aromatic heterocycles. The van der Waals surface area contributed by atoms with Crippen LogP contribution < -0.4 is 5.32 Å². The zero-order valence-corrected chi connectivity index (χ0v) is 12.3. The van der Waals surface area contributed by atoms with Crippen molar-refractivity contribution in [2.45, 2.75) is 18.2 Å². The number of nitrogens with one attached hydrogen (secondary N) is 1. The van der Waals surface area contributed by atoms with Crippen molar-refractivity contribution in [3.8, 4) is 11.3 Å². The van der Waals surface area contributed by atoms with Crippen LogP contribution >= 0.6 is 0 Å². The predicted molar refractivity (Wildman–Crippen MR) is 79.4 cm³/mol. The van der Waals surface area contributed by atoms with E-state index in [4.69, 9.17) is 0 Å². The molecule has 6 heteroatoms. The molecular weight excluding hydrogens is 274 g/mol. The Kier molecular flexibility index (Phi) is 4.34. The van der Waals surface area contributed by atoms with E-state index in [-0.39, 0.29) is 0 Å². The van der Waals surface area contributed by atoms with Crippen LogP contribution in [0.5, 0.6) is 0 Å². The molecule has 106 valence electrons. The van der Waals surface area contributed by atoms with Gasteiger partial charge < -0.3 is 5.32 Å². The summed E-state index contributed by atoms with van der Waals surface area (Å²) in [6.45, 7) is 2.94. The van der Waals surface area contributed by atoms with Crippen LogP contribution in [-0.4, -0.2) is 31.4 Å². The van der Waals surface area contributed by atoms with Crippen molar-refractivity contribution in [1.29, 1.82) is 0 Å². The molecule has 0 saturated heterocycles. The molecule has 0 spiro atoms. The summed E-state index contributed by atoms with van der Waals surface area (Å²) in [6.07, 6.45) is 2.21. The molecule has 0 aliphatic rings. The van der Waals surface area contributed by atoms with Crippen molar-refractivity contribution in [3.63, 3.8) is 0 Å². The molecule has 20 heavy (non-hydrogen) atoms. The van der Waals surface area contributed by atoms with Gasteiger partial charge in [-0.15, -0.1) is 10.2 Å². The maximum Gasteiger partial charge on any atom is 0.175 e. The minimum atomic E-state index is -3.16. The Bertz CT molecular complexity index is 665. The van der Waals surface area contributed by atoms with Crippen LogP contribution in [0.2, 0.25) is 0 Å². The summed E-state index contributed by atoms with van der Waals surface area (Å²) in [7, 11) is -3.16. The Morgan fingerprint density at radius 3 is 2.25 bits per heavy atom. The molecule has 0 radical (unpaired) electrons. The van der Waals surface area contributed by atoms with E-state index >= 15 is 0 Å². The molecule has 5 nitrogen and oxygen atoms in total. The van der Waals surface area contributed by atoms with Crippen LogP contribution in [0.4, 0.5) is 5.82 Å². The largest absolute Gasteiger partial charge is 0.369 e. The van der Waals surface area contributed by atoms with Gasteiger partial charge in [0.2, 0.25) is 0 Å². The van der Waals surface area contributed by atoms with Gasteiger partial charge in [0.1, 0.15) is 5.82 Å². The lowest BCUT2D eigenvalue weighted by molar-refractivity contribution is 0.602. The fraction of sp³-hybridized carbons (Fsp3) is 0.286. The molecule has 0 aliphatic carbocycles. The smallest absolute Gasteiger partial charge is 0.175 e. The van der Waals surface area contributed by atoms with Gasteiger partial charge >= 0.3 is 0 Å². The number of anilines is 1. The first-order valence-corrected chi connectivity index (χ1v) is 8.28. The number of sulfone groups is 1. The normalized spacial score (nSPS) is 11.3. The molecule has 0 saturated carbocycles. The molecule has 1 aromatic carbocycles. The summed E-state index contributed by atoms with van der Waals surface area (Å²) < 4.78 is 22.8. The lowest BCUT2D eigenvalue weighted by Crippen LogP contribution is -2.03. The fourth-order valence-electron chi connectivity index (χ4n) is 1.71. The van der Waals surface area contributed by atoms with E-state index in [0.717, 1.165) is 24.3 Å². The molecule has 0 bridgehead atoms. The first kappa shape index (κ1) is 14.5. The van der Waals surface area contributed by atoms with E-state index in [1.165, 1.54) is 6.26 Å². The van der Waals surface area contributed by atoms with Crippen LogP contribution in [0.1, 0.15) is 13.3 Å². The van der Waals surface area contributed by atoms with Gasteiger partial charge in [-0.2, -0.15) is 0 Å². The number of nitrogens with zero attached hydrogens (tertiary/aromatic N) is 2. The molecule has 0 fully saturated rings. The second-order valence-electron chi connectivity index (χ2n) is 4.53. The Morgan fingerprint density at radius 2 is 1.75 bits per heavy atom. The second-order valence-corrected chi connectivity index (χ2v) is 6.54. The summed E-state index contributed by atoms with van der Waals surface area (Å²) >= 11 is 0. The van der Waals surface area contributed by atoms with Crippen molar-refractivity contribution >= 4 is 15.7 Å². The van der Waals surface area contributed by atoms with Gasteiger partial charge in [-0.05, 0) is 30.7 Å². The average molecular weight is 291 g/mol. The van der Waals surface area contributed by atoms with Crippen LogP contribution in [0.25, 0.3) is 11.3 Å². The van der Waals surface area contributed by atoms with Crippen LogP contribution in [0, 0.1) is 0 Å². The number of rotatable bonds is 5. The lowest BCUT2D eigenvalue weighted by atomic mass is 10.1. The third-order valence-electron chi connectivity index (χ3n) is 2.80. The summed E-state index contributed by atoms with van der Waals surface area (Å²) in [5.41, 5.74) is 1.55. The fourth-order valence-corrected chi connectivity index (χ4v) is 2.34. The number of benzene rings is 1. The third kappa shape index (κ3) is 3.54. The Hall–Kier alpha value is -1.95. The minimum Gasteiger partial charge on any atom is -0.369 e. The van der Waals surface area contributed by atoms with Gasteiger partial charge in [0, 0.05) is 18.4 Å². The zero-order valence-electron chi connectivity index (χ0n) is 11.5. The SMILES string of the molecule is CCCNc1ccc(-c2ccc(S(C)(=O)=O)cc2)nn1. The summed E-state index contributed by atoms with van der Waals surface area (Å²) in [6, 6.07) is 10.4. The third-order valence-corrected chi connectivity index (χ3v) is 3.93. The van der Waals surface area contributed by atoms with E-state index < -0.39 is 9.84 Å². The Balaban J connectivity index is 2.19. The summed E-state index contributed by atoms with van der Waals surface area (Å²) in [5, 5.41) is 11.4. The molecule has 0 atom stereocenters. The van der Waals surface area contributed by atoms with Gasteiger partial charge in [-0.1, -0.05) is 19.1 Å². The van der Waals surface area contributed by atoms with E-state index in [1.54, 1.807) is 24.3 Å². The van der Waals surface area contributed by atoms with Crippen LogP contribution in [0.3, 0.4) is 0 Å². The van der Waals surface area contributed by atoms with Crippen molar-refractivity contribution in [2.75, 3.05) is 18.1 Å². The van der Waals surface area contributed by atoms with Gasteiger partial charge in [-0.25, -0.2) is 8.42 Å². The van der Waals surface area contributed by atoms with E-state index in [9.17, 15) is 8.42 Å². The van der Waals surface area contributed by atoms with Gasteiger partial charge in [0.05, 0.1) is 10.6 Å². The zero-order chi connectivity index (χ0) is 14.6. The van der Waals surface area contributed by atoms with Gasteiger partial charge in [0.25, 0.3) is 0 Å². The standard InChI is InChI=1S/C14H17N3O2S/c1-3-10-15-14-9-8-13(16-17-14)11-4-6-12(7-5-11)20(2,18)19/h4-9H,3,10H2,1-2H3,(H,15,17). The molecular formula is C14H17N3O2S. The highest BCUT2D eigenvalue weighted by Crippen LogP contribution is 2.19. The van der Waals surface area contributed by atoms with Gasteiger partial charge in [0.15, 0.2) is 9.84 Å². The molecule has 2 aromatic rings. The maximum atomic E-state index is 11.4. The van der Waals surface area contributed by atoms with Crippen molar-refractivity contribution < 1.29 is 8.42 Å². The average Bonchev–Trinajstić information content (AvgIpc) is 2.45. The predicted octanol–water partition coefficient (Wildman–Crippen LogP) is 2.37. The Labute approximate surface area is 119 Å². The highest BCUT2D eigenvalue weighted by Gasteiger charge is 2.07. The number of aromatic nitrogens is 2. The highest BCUT2D eigenvalue weighted by atomic mass is 32.2. The molecule has 1 heterocycles. The maximum absolute atomic E-state index is 11.4. The second kappa shape index (κ2) is 6.00. The number of hydrogen-bond acceptors (Lipinski definition) is 5. The quantitative estimate of drug-likeness (QED) is 0.915. The molecule has 1 N–H and O–H groups in total. The van der Waals surface area contributed by atoms with Crippen molar-refractivity contribution in [2.24, 2.45) is 0 Å². The lowest BCUT2D eigenvalue weighted by Gasteiger charge is -2.05.